The largest absolute Gasteiger partial charge is 0.384 e. The zero-order valence-electron chi connectivity index (χ0n) is 11.4. The van der Waals surface area contributed by atoms with E-state index >= 15 is 0 Å². The summed E-state index contributed by atoms with van der Waals surface area (Å²) in [6.45, 7) is 1.09. The molecule has 6 heteroatoms. The maximum atomic E-state index is 12.4. The SMILES string of the molecule is O=C1CCN(C(=O)c2ccc(C#CCO)c(Cl)c2)CCN1. The van der Waals surface area contributed by atoms with Gasteiger partial charge in [0.1, 0.15) is 6.61 Å². The van der Waals surface area contributed by atoms with E-state index in [4.69, 9.17) is 16.7 Å². The standard InChI is InChI=1S/C15H15ClN2O3/c16-13-10-12(4-3-11(13)2-1-9-19)15(21)18-7-5-14(20)17-6-8-18/h3-4,10,19H,5-9H2,(H,17,20). The molecule has 0 aromatic heterocycles. The minimum Gasteiger partial charge on any atom is -0.384 e. The van der Waals surface area contributed by atoms with Crippen LogP contribution in [0.15, 0.2) is 18.2 Å². The van der Waals surface area contributed by atoms with Gasteiger partial charge in [0.25, 0.3) is 5.91 Å². The van der Waals surface area contributed by atoms with Crippen molar-refractivity contribution in [3.8, 4) is 11.8 Å². The molecule has 1 fully saturated rings. The van der Waals surface area contributed by atoms with Gasteiger partial charge < -0.3 is 15.3 Å². The molecule has 2 amide bonds. The minimum atomic E-state index is -0.244. The summed E-state index contributed by atoms with van der Waals surface area (Å²) in [4.78, 5) is 25.3. The molecule has 1 heterocycles. The Morgan fingerprint density at radius 2 is 2.24 bits per heavy atom. The lowest BCUT2D eigenvalue weighted by molar-refractivity contribution is -0.120. The molecule has 1 aliphatic heterocycles. The Bertz CT molecular complexity index is 619. The number of aliphatic hydroxyl groups is 1. The predicted octanol–water partition coefficient (Wildman–Crippen LogP) is 0.646. The Labute approximate surface area is 127 Å². The van der Waals surface area contributed by atoms with Crippen LogP contribution in [0, 0.1) is 11.8 Å². The number of carbonyl (C=O) groups is 2. The first kappa shape index (κ1) is 15.4. The van der Waals surface area contributed by atoms with Gasteiger partial charge in [-0.3, -0.25) is 9.59 Å². The van der Waals surface area contributed by atoms with Crippen LogP contribution in [-0.2, 0) is 4.79 Å². The van der Waals surface area contributed by atoms with Crippen molar-refractivity contribution >= 4 is 23.4 Å². The number of carbonyl (C=O) groups excluding carboxylic acids is 2. The van der Waals surface area contributed by atoms with Crippen LogP contribution in [0.5, 0.6) is 0 Å². The first-order chi connectivity index (χ1) is 10.1. The number of nitrogens with zero attached hydrogens (tertiary/aromatic N) is 1. The quantitative estimate of drug-likeness (QED) is 0.748. The summed E-state index contributed by atoms with van der Waals surface area (Å²) in [7, 11) is 0. The van der Waals surface area contributed by atoms with Gasteiger partial charge in [-0.2, -0.15) is 0 Å². The van der Waals surface area contributed by atoms with E-state index in [2.05, 4.69) is 17.2 Å². The molecule has 2 N–H and O–H groups in total. The van der Waals surface area contributed by atoms with E-state index in [9.17, 15) is 9.59 Å². The number of hydrogen-bond acceptors (Lipinski definition) is 3. The summed E-state index contributed by atoms with van der Waals surface area (Å²) in [5.74, 6) is 5.02. The number of aliphatic hydroxyl groups excluding tert-OH is 1. The number of rotatable bonds is 1. The summed E-state index contributed by atoms with van der Waals surface area (Å²) in [5, 5.41) is 11.8. The molecule has 110 valence electrons. The number of amides is 2. The molecule has 2 rings (SSSR count). The van der Waals surface area contributed by atoms with Gasteiger partial charge in [0.2, 0.25) is 5.91 Å². The molecule has 1 aromatic rings. The average molecular weight is 307 g/mol. The number of benzene rings is 1. The predicted molar refractivity (Wildman–Crippen MR) is 78.9 cm³/mol. The van der Waals surface area contributed by atoms with Crippen LogP contribution >= 0.6 is 11.6 Å². The van der Waals surface area contributed by atoms with E-state index in [0.29, 0.717) is 42.2 Å². The molecular formula is C15H15ClN2O3. The fourth-order valence-corrected chi connectivity index (χ4v) is 2.26. The van der Waals surface area contributed by atoms with Gasteiger partial charge in [-0.05, 0) is 18.2 Å². The van der Waals surface area contributed by atoms with Gasteiger partial charge in [-0.1, -0.05) is 23.4 Å². The molecule has 0 aliphatic carbocycles. The molecule has 1 aliphatic rings. The molecule has 0 radical (unpaired) electrons. The fourth-order valence-electron chi connectivity index (χ4n) is 2.04. The Kier molecular flexibility index (Phi) is 5.20. The summed E-state index contributed by atoms with van der Waals surface area (Å²) in [5.41, 5.74) is 1.03. The summed E-state index contributed by atoms with van der Waals surface area (Å²) in [6, 6.07) is 4.86. The smallest absolute Gasteiger partial charge is 0.253 e. The molecule has 0 bridgehead atoms. The first-order valence-electron chi connectivity index (χ1n) is 6.57. The van der Waals surface area contributed by atoms with Crippen molar-refractivity contribution in [2.75, 3.05) is 26.2 Å². The van der Waals surface area contributed by atoms with E-state index in [1.165, 1.54) is 0 Å². The first-order valence-corrected chi connectivity index (χ1v) is 6.95. The van der Waals surface area contributed by atoms with Gasteiger partial charge in [0.15, 0.2) is 0 Å². The van der Waals surface area contributed by atoms with E-state index in [1.54, 1.807) is 23.1 Å². The number of halogens is 1. The van der Waals surface area contributed by atoms with Crippen LogP contribution in [0.3, 0.4) is 0 Å². The van der Waals surface area contributed by atoms with Crippen molar-refractivity contribution in [1.82, 2.24) is 10.2 Å². The zero-order valence-corrected chi connectivity index (χ0v) is 12.1. The molecule has 0 atom stereocenters. The fraction of sp³-hybridized carbons (Fsp3) is 0.333. The number of nitrogens with one attached hydrogen (secondary N) is 1. The minimum absolute atomic E-state index is 0.0436. The third kappa shape index (κ3) is 3.97. The lowest BCUT2D eigenvalue weighted by Gasteiger charge is -2.19. The molecule has 1 saturated heterocycles. The summed E-state index contributed by atoms with van der Waals surface area (Å²) >= 11 is 6.08. The van der Waals surface area contributed by atoms with Crippen LogP contribution in [-0.4, -0.2) is 48.1 Å². The lowest BCUT2D eigenvalue weighted by Crippen LogP contribution is -2.34. The molecule has 5 nitrogen and oxygen atoms in total. The van der Waals surface area contributed by atoms with Crippen molar-refractivity contribution < 1.29 is 14.7 Å². The highest BCUT2D eigenvalue weighted by atomic mass is 35.5. The molecule has 1 aromatic carbocycles. The van der Waals surface area contributed by atoms with E-state index in [1.807, 2.05) is 0 Å². The maximum absolute atomic E-state index is 12.4. The Morgan fingerprint density at radius 3 is 2.95 bits per heavy atom. The van der Waals surface area contributed by atoms with Crippen LogP contribution in [0.4, 0.5) is 0 Å². The Hall–Kier alpha value is -2.03. The van der Waals surface area contributed by atoms with E-state index in [0.717, 1.165) is 0 Å². The maximum Gasteiger partial charge on any atom is 0.253 e. The second-order valence-corrected chi connectivity index (χ2v) is 4.95. The molecule has 0 spiro atoms. The highest BCUT2D eigenvalue weighted by Gasteiger charge is 2.20. The van der Waals surface area contributed by atoms with Gasteiger partial charge >= 0.3 is 0 Å². The zero-order chi connectivity index (χ0) is 15.2. The van der Waals surface area contributed by atoms with Gasteiger partial charge in [-0.25, -0.2) is 0 Å². The van der Waals surface area contributed by atoms with E-state index < -0.39 is 0 Å². The van der Waals surface area contributed by atoms with Gasteiger partial charge in [-0.15, -0.1) is 0 Å². The lowest BCUT2D eigenvalue weighted by atomic mass is 10.1. The third-order valence-electron chi connectivity index (χ3n) is 3.12. The van der Waals surface area contributed by atoms with Crippen molar-refractivity contribution in [2.45, 2.75) is 6.42 Å². The van der Waals surface area contributed by atoms with Crippen LogP contribution in [0.1, 0.15) is 22.3 Å². The van der Waals surface area contributed by atoms with Crippen molar-refractivity contribution in [2.24, 2.45) is 0 Å². The van der Waals surface area contributed by atoms with Crippen molar-refractivity contribution in [3.05, 3.63) is 34.3 Å². The van der Waals surface area contributed by atoms with Gasteiger partial charge in [0, 0.05) is 37.2 Å². The highest BCUT2D eigenvalue weighted by Crippen LogP contribution is 2.18. The summed E-state index contributed by atoms with van der Waals surface area (Å²) < 4.78 is 0. The summed E-state index contributed by atoms with van der Waals surface area (Å²) in [6.07, 6.45) is 0.305. The van der Waals surface area contributed by atoms with Gasteiger partial charge in [0.05, 0.1) is 5.02 Å². The Morgan fingerprint density at radius 1 is 1.43 bits per heavy atom. The molecule has 21 heavy (non-hydrogen) atoms. The Balaban J connectivity index is 2.15. The third-order valence-corrected chi connectivity index (χ3v) is 3.43. The molecule has 0 saturated carbocycles. The second kappa shape index (κ2) is 7.11. The molecule has 0 unspecified atom stereocenters. The molecular weight excluding hydrogens is 292 g/mol. The van der Waals surface area contributed by atoms with E-state index in [-0.39, 0.29) is 18.4 Å². The monoisotopic (exact) mass is 306 g/mol. The van der Waals surface area contributed by atoms with Crippen LogP contribution in [0.2, 0.25) is 5.02 Å². The average Bonchev–Trinajstić information content (AvgIpc) is 2.70. The van der Waals surface area contributed by atoms with Crippen LogP contribution < -0.4 is 5.32 Å². The van der Waals surface area contributed by atoms with Crippen molar-refractivity contribution in [1.29, 1.82) is 0 Å². The normalized spacial score (nSPS) is 14.8. The second-order valence-electron chi connectivity index (χ2n) is 4.55. The van der Waals surface area contributed by atoms with Crippen molar-refractivity contribution in [3.63, 3.8) is 0 Å². The number of hydrogen-bond donors (Lipinski definition) is 2. The highest BCUT2D eigenvalue weighted by molar-refractivity contribution is 6.32. The topological polar surface area (TPSA) is 69.6 Å². The van der Waals surface area contributed by atoms with Crippen LogP contribution in [0.25, 0.3) is 0 Å².